The molecule has 10 nitrogen and oxygen atoms in total. The molecule has 0 atom stereocenters. The van der Waals surface area contributed by atoms with Gasteiger partial charge in [0.1, 0.15) is 16.8 Å². The van der Waals surface area contributed by atoms with Crippen molar-refractivity contribution in [3.05, 3.63) is 57.1 Å². The highest BCUT2D eigenvalue weighted by atomic mass is 35.5. The van der Waals surface area contributed by atoms with Gasteiger partial charge >= 0.3 is 6.09 Å². The fraction of sp³-hybridized carbons (Fsp3) is 0.400. The number of benzene rings is 1. The van der Waals surface area contributed by atoms with E-state index < -0.39 is 5.60 Å². The van der Waals surface area contributed by atoms with Crippen molar-refractivity contribution in [3.63, 3.8) is 0 Å². The Hall–Kier alpha value is -3.66. The van der Waals surface area contributed by atoms with Gasteiger partial charge in [-0.1, -0.05) is 22.8 Å². The van der Waals surface area contributed by atoms with Crippen molar-refractivity contribution in [1.29, 1.82) is 0 Å². The Morgan fingerprint density at radius 2 is 1.94 bits per heavy atom. The number of fused-ring (bicyclic) bond motifs is 1. The third kappa shape index (κ3) is 4.73. The quantitative estimate of drug-likeness (QED) is 0.419. The SMILES string of the molecule is Cc1ccc(Cl)cc1-c1noc(-c2cnn3c(C4CCN(C(=O)OC(C)(C)C)CC4)cc(=O)[nH]c23)n1. The van der Waals surface area contributed by atoms with Crippen LogP contribution in [0.5, 0.6) is 0 Å². The second kappa shape index (κ2) is 9.09. The van der Waals surface area contributed by atoms with Crippen LogP contribution in [0.4, 0.5) is 4.79 Å². The molecule has 4 heterocycles. The summed E-state index contributed by atoms with van der Waals surface area (Å²) in [6.07, 6.45) is 2.66. The lowest BCUT2D eigenvalue weighted by Crippen LogP contribution is -2.41. The highest BCUT2D eigenvalue weighted by molar-refractivity contribution is 6.30. The van der Waals surface area contributed by atoms with Crippen LogP contribution in [0, 0.1) is 6.92 Å². The molecule has 1 aromatic carbocycles. The molecular weight excluding hydrogens is 484 g/mol. The first-order chi connectivity index (χ1) is 17.1. The number of carbonyl (C=O) groups is 1. The van der Waals surface area contributed by atoms with E-state index in [1.54, 1.807) is 33.8 Å². The van der Waals surface area contributed by atoms with Crippen molar-refractivity contribution < 1.29 is 14.1 Å². The number of hydrogen-bond acceptors (Lipinski definition) is 7. The Kier molecular flexibility index (Phi) is 6.07. The maximum atomic E-state index is 12.6. The smallest absolute Gasteiger partial charge is 0.410 e. The van der Waals surface area contributed by atoms with Gasteiger partial charge in [-0.25, -0.2) is 9.31 Å². The molecule has 0 aliphatic carbocycles. The summed E-state index contributed by atoms with van der Waals surface area (Å²) in [4.78, 5) is 34.1. The van der Waals surface area contributed by atoms with Gasteiger partial charge in [0.25, 0.3) is 11.4 Å². The molecule has 0 spiro atoms. The second-order valence-corrected chi connectivity index (χ2v) is 10.4. The fourth-order valence-corrected chi connectivity index (χ4v) is 4.59. The Labute approximate surface area is 212 Å². The van der Waals surface area contributed by atoms with E-state index in [0.29, 0.717) is 48.0 Å². The van der Waals surface area contributed by atoms with Crippen molar-refractivity contribution in [1.82, 2.24) is 29.6 Å². The van der Waals surface area contributed by atoms with E-state index in [9.17, 15) is 9.59 Å². The second-order valence-electron chi connectivity index (χ2n) is 10.0. The van der Waals surface area contributed by atoms with Gasteiger partial charge < -0.3 is 19.1 Å². The number of amides is 1. The topological polar surface area (TPSA) is 119 Å². The lowest BCUT2D eigenvalue weighted by Gasteiger charge is -2.33. The number of halogens is 1. The number of aryl methyl sites for hydroxylation is 1. The maximum Gasteiger partial charge on any atom is 0.410 e. The monoisotopic (exact) mass is 510 g/mol. The number of ether oxygens (including phenoxy) is 1. The zero-order valence-electron chi connectivity index (χ0n) is 20.5. The number of likely N-dealkylation sites (tertiary alicyclic amines) is 1. The molecule has 3 aromatic heterocycles. The molecule has 1 saturated heterocycles. The number of H-pyrrole nitrogens is 1. The summed E-state index contributed by atoms with van der Waals surface area (Å²) in [7, 11) is 0. The molecule has 1 amide bonds. The summed E-state index contributed by atoms with van der Waals surface area (Å²) >= 11 is 6.15. The Bertz CT molecular complexity index is 1490. The highest BCUT2D eigenvalue weighted by Crippen LogP contribution is 2.31. The number of piperidine rings is 1. The number of nitrogens with zero attached hydrogens (tertiary/aromatic N) is 5. The van der Waals surface area contributed by atoms with E-state index in [1.165, 1.54) is 0 Å². The Balaban J connectivity index is 1.42. The van der Waals surface area contributed by atoms with Crippen LogP contribution in [0.15, 0.2) is 39.8 Å². The minimum absolute atomic E-state index is 0.0496. The van der Waals surface area contributed by atoms with Crippen LogP contribution in [0.2, 0.25) is 5.02 Å². The third-order valence-corrected chi connectivity index (χ3v) is 6.43. The first kappa shape index (κ1) is 24.1. The average Bonchev–Trinajstić information content (AvgIpc) is 3.46. The first-order valence-corrected chi connectivity index (χ1v) is 12.2. The number of carbonyl (C=O) groups excluding carboxylic acids is 1. The van der Waals surface area contributed by atoms with Crippen molar-refractivity contribution in [2.75, 3.05) is 13.1 Å². The van der Waals surface area contributed by atoms with Gasteiger partial charge in [0.05, 0.1) is 11.9 Å². The molecule has 1 aliphatic heterocycles. The van der Waals surface area contributed by atoms with E-state index in [0.717, 1.165) is 16.8 Å². The summed E-state index contributed by atoms with van der Waals surface area (Å²) in [5.74, 6) is 0.692. The summed E-state index contributed by atoms with van der Waals surface area (Å²) < 4.78 is 12.7. The summed E-state index contributed by atoms with van der Waals surface area (Å²) in [6, 6.07) is 7.04. The van der Waals surface area contributed by atoms with Gasteiger partial charge in [-0.15, -0.1) is 0 Å². The zero-order chi connectivity index (χ0) is 25.6. The van der Waals surface area contributed by atoms with E-state index in [-0.39, 0.29) is 23.5 Å². The van der Waals surface area contributed by atoms with Crippen LogP contribution >= 0.6 is 11.6 Å². The van der Waals surface area contributed by atoms with Crippen molar-refractivity contribution in [2.45, 2.75) is 52.1 Å². The Morgan fingerprint density at radius 1 is 1.19 bits per heavy atom. The molecule has 1 aliphatic rings. The maximum absolute atomic E-state index is 12.6. The van der Waals surface area contributed by atoms with E-state index in [4.69, 9.17) is 20.9 Å². The normalized spacial score (nSPS) is 15.0. The number of rotatable bonds is 3. The molecule has 0 bridgehead atoms. The molecule has 4 aromatic rings. The van der Waals surface area contributed by atoms with Gasteiger partial charge in [-0.05, 0) is 58.2 Å². The first-order valence-electron chi connectivity index (χ1n) is 11.8. The molecule has 0 radical (unpaired) electrons. The zero-order valence-corrected chi connectivity index (χ0v) is 21.3. The van der Waals surface area contributed by atoms with Crippen LogP contribution in [0.25, 0.3) is 28.5 Å². The standard InChI is InChI=1S/C25H27ClN6O4/c1-14-5-6-16(26)11-17(14)21-29-23(36-30-21)18-13-27-32-19(12-20(33)28-22(18)32)15-7-9-31(10-8-15)24(34)35-25(2,3)4/h5-6,11-13,15H,7-10H2,1-4H3,(H,28,33). The van der Waals surface area contributed by atoms with Crippen molar-refractivity contribution in [3.8, 4) is 22.8 Å². The van der Waals surface area contributed by atoms with E-state index >= 15 is 0 Å². The Morgan fingerprint density at radius 3 is 2.67 bits per heavy atom. The lowest BCUT2D eigenvalue weighted by atomic mass is 9.93. The largest absolute Gasteiger partial charge is 0.444 e. The molecule has 11 heteroatoms. The summed E-state index contributed by atoms with van der Waals surface area (Å²) in [5.41, 5.74) is 2.70. The van der Waals surface area contributed by atoms with Gasteiger partial charge in [-0.3, -0.25) is 4.79 Å². The van der Waals surface area contributed by atoms with Crippen molar-refractivity contribution >= 4 is 23.3 Å². The lowest BCUT2D eigenvalue weighted by molar-refractivity contribution is 0.0203. The molecule has 1 N–H and O–H groups in total. The molecule has 1 fully saturated rings. The summed E-state index contributed by atoms with van der Waals surface area (Å²) in [6.45, 7) is 8.56. The van der Waals surface area contributed by atoms with Crippen LogP contribution < -0.4 is 5.56 Å². The van der Waals surface area contributed by atoms with Crippen LogP contribution in [-0.4, -0.2) is 54.4 Å². The number of nitrogens with one attached hydrogen (secondary N) is 1. The van der Waals surface area contributed by atoms with Gasteiger partial charge in [-0.2, -0.15) is 10.1 Å². The number of aromatic nitrogens is 5. The predicted octanol–water partition coefficient (Wildman–Crippen LogP) is 4.82. The fourth-order valence-electron chi connectivity index (χ4n) is 4.42. The van der Waals surface area contributed by atoms with Crippen LogP contribution in [0.1, 0.15) is 50.8 Å². The molecule has 0 saturated carbocycles. The molecule has 188 valence electrons. The van der Waals surface area contributed by atoms with Gasteiger partial charge in [0, 0.05) is 35.7 Å². The third-order valence-electron chi connectivity index (χ3n) is 6.20. The molecule has 0 unspecified atom stereocenters. The van der Waals surface area contributed by atoms with Crippen LogP contribution in [-0.2, 0) is 4.74 Å². The van der Waals surface area contributed by atoms with Crippen molar-refractivity contribution in [2.24, 2.45) is 0 Å². The molecular formula is C25H27ClN6O4. The average molecular weight is 511 g/mol. The molecule has 5 rings (SSSR count). The highest BCUT2D eigenvalue weighted by Gasteiger charge is 2.29. The van der Waals surface area contributed by atoms with Crippen LogP contribution in [0.3, 0.4) is 0 Å². The minimum Gasteiger partial charge on any atom is -0.444 e. The predicted molar refractivity (Wildman–Crippen MR) is 134 cm³/mol. The van der Waals surface area contributed by atoms with Gasteiger partial charge in [0.15, 0.2) is 0 Å². The number of aromatic amines is 1. The number of hydrogen-bond donors (Lipinski definition) is 1. The molecule has 36 heavy (non-hydrogen) atoms. The van der Waals surface area contributed by atoms with Gasteiger partial charge in [0.2, 0.25) is 5.82 Å². The van der Waals surface area contributed by atoms with E-state index in [2.05, 4.69) is 20.2 Å². The minimum atomic E-state index is -0.543. The van der Waals surface area contributed by atoms with E-state index in [1.807, 2.05) is 33.8 Å². The summed E-state index contributed by atoms with van der Waals surface area (Å²) in [5, 5.41) is 9.21.